The van der Waals surface area contributed by atoms with Crippen LogP contribution in [0.15, 0.2) is 0 Å². The minimum atomic E-state index is 0.366. The van der Waals surface area contributed by atoms with Crippen LogP contribution < -0.4 is 5.73 Å². The zero-order chi connectivity index (χ0) is 11.4. The van der Waals surface area contributed by atoms with Gasteiger partial charge in [-0.1, -0.05) is 6.92 Å². The first-order valence-corrected chi connectivity index (χ1v) is 6.44. The molecule has 2 N–H and O–H groups in total. The first-order valence-electron chi connectivity index (χ1n) is 6.44. The van der Waals surface area contributed by atoms with Crippen LogP contribution in [0.2, 0.25) is 0 Å². The van der Waals surface area contributed by atoms with Crippen molar-refractivity contribution < 1.29 is 4.74 Å². The summed E-state index contributed by atoms with van der Waals surface area (Å²) >= 11 is 0. The van der Waals surface area contributed by atoms with Gasteiger partial charge in [-0.2, -0.15) is 0 Å². The second-order valence-electron chi connectivity index (χ2n) is 5.49. The summed E-state index contributed by atoms with van der Waals surface area (Å²) in [4.78, 5) is 5.06. The molecule has 1 atom stereocenters. The molecule has 94 valence electrons. The molecule has 2 aliphatic rings. The third kappa shape index (κ3) is 3.17. The molecule has 2 aliphatic heterocycles. The Labute approximate surface area is 98.7 Å². The summed E-state index contributed by atoms with van der Waals surface area (Å²) < 4.78 is 5.35. The topological polar surface area (TPSA) is 41.7 Å². The Kier molecular flexibility index (Phi) is 4.19. The number of morpholine rings is 1. The third-order valence-corrected chi connectivity index (χ3v) is 3.97. The van der Waals surface area contributed by atoms with Crippen LogP contribution >= 0.6 is 0 Å². The van der Waals surface area contributed by atoms with Gasteiger partial charge < -0.3 is 15.4 Å². The number of ether oxygens (including phenoxy) is 1. The third-order valence-electron chi connectivity index (χ3n) is 3.97. The molecule has 0 radical (unpaired) electrons. The summed E-state index contributed by atoms with van der Waals surface area (Å²) in [5, 5.41) is 0. The van der Waals surface area contributed by atoms with E-state index in [2.05, 4.69) is 16.7 Å². The van der Waals surface area contributed by atoms with Crippen LogP contribution in [0.25, 0.3) is 0 Å². The average Bonchev–Trinajstić information content (AvgIpc) is 2.71. The highest BCUT2D eigenvalue weighted by molar-refractivity contribution is 4.87. The molecule has 1 unspecified atom stereocenters. The normalized spacial score (nSPS) is 33.4. The standard InChI is InChI=1S/C12H25N3O/c1-12(10-13)2-3-15(11-12)5-4-14-6-8-16-9-7-14/h2-11,13H2,1H3. The van der Waals surface area contributed by atoms with Crippen LogP contribution in [0.4, 0.5) is 0 Å². The van der Waals surface area contributed by atoms with Crippen molar-refractivity contribution in [3.8, 4) is 0 Å². The van der Waals surface area contributed by atoms with Crippen LogP contribution in [0.3, 0.4) is 0 Å². The van der Waals surface area contributed by atoms with Gasteiger partial charge in [0.25, 0.3) is 0 Å². The summed E-state index contributed by atoms with van der Waals surface area (Å²) in [6.07, 6.45) is 1.26. The summed E-state index contributed by atoms with van der Waals surface area (Å²) in [5.74, 6) is 0. The molecule has 0 aromatic heterocycles. The van der Waals surface area contributed by atoms with Gasteiger partial charge in [0, 0.05) is 32.7 Å². The van der Waals surface area contributed by atoms with Gasteiger partial charge in [0.2, 0.25) is 0 Å². The first kappa shape index (κ1) is 12.3. The largest absolute Gasteiger partial charge is 0.379 e. The van der Waals surface area contributed by atoms with E-state index in [9.17, 15) is 0 Å². The molecule has 0 aromatic carbocycles. The van der Waals surface area contributed by atoms with Crippen molar-refractivity contribution in [1.82, 2.24) is 9.80 Å². The van der Waals surface area contributed by atoms with Crippen molar-refractivity contribution in [2.45, 2.75) is 13.3 Å². The molecule has 4 heteroatoms. The van der Waals surface area contributed by atoms with E-state index in [0.29, 0.717) is 5.41 Å². The van der Waals surface area contributed by atoms with Crippen LogP contribution in [0, 0.1) is 5.41 Å². The minimum Gasteiger partial charge on any atom is -0.379 e. The van der Waals surface area contributed by atoms with E-state index >= 15 is 0 Å². The fourth-order valence-electron chi connectivity index (χ4n) is 2.59. The lowest BCUT2D eigenvalue weighted by Gasteiger charge is -2.29. The van der Waals surface area contributed by atoms with Crippen LogP contribution in [-0.2, 0) is 4.74 Å². The molecule has 2 heterocycles. The van der Waals surface area contributed by atoms with Gasteiger partial charge >= 0.3 is 0 Å². The quantitative estimate of drug-likeness (QED) is 0.733. The average molecular weight is 227 g/mol. The molecular weight excluding hydrogens is 202 g/mol. The summed E-state index contributed by atoms with van der Waals surface area (Å²) in [6.45, 7) is 11.9. The summed E-state index contributed by atoms with van der Waals surface area (Å²) in [7, 11) is 0. The molecule has 0 spiro atoms. The number of hydrogen-bond acceptors (Lipinski definition) is 4. The van der Waals surface area contributed by atoms with E-state index in [1.54, 1.807) is 0 Å². The maximum atomic E-state index is 5.82. The van der Waals surface area contributed by atoms with Crippen molar-refractivity contribution >= 4 is 0 Å². The zero-order valence-corrected chi connectivity index (χ0v) is 10.5. The SMILES string of the molecule is CC1(CN)CCN(CCN2CCOCC2)C1. The molecule has 4 nitrogen and oxygen atoms in total. The maximum Gasteiger partial charge on any atom is 0.0594 e. The van der Waals surface area contributed by atoms with Crippen LogP contribution in [-0.4, -0.2) is 68.8 Å². The summed E-state index contributed by atoms with van der Waals surface area (Å²) in [6, 6.07) is 0. The molecule has 16 heavy (non-hydrogen) atoms. The Hall–Kier alpha value is -0.160. The van der Waals surface area contributed by atoms with Crippen molar-refractivity contribution in [2.75, 3.05) is 59.0 Å². The van der Waals surface area contributed by atoms with Gasteiger partial charge in [-0.25, -0.2) is 0 Å². The highest BCUT2D eigenvalue weighted by Crippen LogP contribution is 2.27. The van der Waals surface area contributed by atoms with E-state index in [1.807, 2.05) is 0 Å². The van der Waals surface area contributed by atoms with Crippen molar-refractivity contribution in [2.24, 2.45) is 11.1 Å². The number of likely N-dealkylation sites (tertiary alicyclic amines) is 1. The lowest BCUT2D eigenvalue weighted by Crippen LogP contribution is -2.41. The molecule has 0 aromatic rings. The molecule has 0 amide bonds. The van der Waals surface area contributed by atoms with Crippen LogP contribution in [0.5, 0.6) is 0 Å². The van der Waals surface area contributed by atoms with Crippen molar-refractivity contribution in [3.05, 3.63) is 0 Å². The molecule has 0 aliphatic carbocycles. The fraction of sp³-hybridized carbons (Fsp3) is 1.00. The maximum absolute atomic E-state index is 5.82. The lowest BCUT2D eigenvalue weighted by atomic mass is 9.90. The molecule has 0 bridgehead atoms. The second-order valence-corrected chi connectivity index (χ2v) is 5.49. The van der Waals surface area contributed by atoms with Crippen LogP contribution in [0.1, 0.15) is 13.3 Å². The Morgan fingerprint density at radius 2 is 1.81 bits per heavy atom. The van der Waals surface area contributed by atoms with Gasteiger partial charge in [-0.3, -0.25) is 4.90 Å². The minimum absolute atomic E-state index is 0.366. The highest BCUT2D eigenvalue weighted by atomic mass is 16.5. The monoisotopic (exact) mass is 227 g/mol. The van der Waals surface area contributed by atoms with E-state index in [4.69, 9.17) is 10.5 Å². The number of nitrogens with zero attached hydrogens (tertiary/aromatic N) is 2. The van der Waals surface area contributed by atoms with E-state index in [0.717, 1.165) is 32.8 Å². The molecular formula is C12H25N3O. The zero-order valence-electron chi connectivity index (χ0n) is 10.5. The number of rotatable bonds is 4. The smallest absolute Gasteiger partial charge is 0.0594 e. The Morgan fingerprint density at radius 1 is 1.12 bits per heavy atom. The van der Waals surface area contributed by atoms with E-state index in [1.165, 1.54) is 32.6 Å². The predicted octanol–water partition coefficient (Wildman–Crippen LogP) is -0.0107. The number of nitrogens with two attached hydrogens (primary N) is 1. The first-order chi connectivity index (χ1) is 7.72. The highest BCUT2D eigenvalue weighted by Gasteiger charge is 2.32. The van der Waals surface area contributed by atoms with Gasteiger partial charge in [0.05, 0.1) is 13.2 Å². The van der Waals surface area contributed by atoms with Crippen molar-refractivity contribution in [3.63, 3.8) is 0 Å². The van der Waals surface area contributed by atoms with E-state index in [-0.39, 0.29) is 0 Å². The Bertz CT molecular complexity index is 218. The molecule has 2 rings (SSSR count). The Morgan fingerprint density at radius 3 is 2.44 bits per heavy atom. The molecule has 0 saturated carbocycles. The van der Waals surface area contributed by atoms with Gasteiger partial charge in [-0.15, -0.1) is 0 Å². The predicted molar refractivity (Wildman–Crippen MR) is 65.5 cm³/mol. The number of hydrogen-bond donors (Lipinski definition) is 1. The van der Waals surface area contributed by atoms with Gasteiger partial charge in [0.1, 0.15) is 0 Å². The van der Waals surface area contributed by atoms with Gasteiger partial charge in [0.15, 0.2) is 0 Å². The fourth-order valence-corrected chi connectivity index (χ4v) is 2.59. The Balaban J connectivity index is 1.67. The lowest BCUT2D eigenvalue weighted by molar-refractivity contribution is 0.0340. The van der Waals surface area contributed by atoms with E-state index < -0.39 is 0 Å². The molecule has 2 saturated heterocycles. The molecule has 2 fully saturated rings. The second kappa shape index (κ2) is 5.45. The van der Waals surface area contributed by atoms with Crippen molar-refractivity contribution in [1.29, 1.82) is 0 Å². The van der Waals surface area contributed by atoms with Gasteiger partial charge in [-0.05, 0) is 24.9 Å². The summed E-state index contributed by atoms with van der Waals surface area (Å²) in [5.41, 5.74) is 6.18.